The van der Waals surface area contributed by atoms with Crippen molar-refractivity contribution in [2.75, 3.05) is 19.6 Å². The number of benzene rings is 1. The van der Waals surface area contributed by atoms with E-state index in [4.69, 9.17) is 4.74 Å². The molecule has 2 aliphatic rings. The van der Waals surface area contributed by atoms with Crippen molar-refractivity contribution in [2.24, 2.45) is 5.92 Å². The van der Waals surface area contributed by atoms with Crippen LogP contribution in [0.4, 0.5) is 10.5 Å². The predicted octanol–water partition coefficient (Wildman–Crippen LogP) is 2.86. The maximum atomic E-state index is 12.9. The molecule has 0 spiro atoms. The molecule has 0 radical (unpaired) electrons. The molecule has 2 fully saturated rings. The number of ether oxygens (including phenoxy) is 1. The third-order valence-corrected chi connectivity index (χ3v) is 5.43. The summed E-state index contributed by atoms with van der Waals surface area (Å²) in [4.78, 5) is 49.9. The lowest BCUT2D eigenvalue weighted by molar-refractivity contribution is -0.384. The molecule has 0 bridgehead atoms. The van der Waals surface area contributed by atoms with Crippen molar-refractivity contribution in [3.63, 3.8) is 0 Å². The van der Waals surface area contributed by atoms with E-state index in [0.717, 1.165) is 18.9 Å². The van der Waals surface area contributed by atoms with Gasteiger partial charge in [-0.3, -0.25) is 19.7 Å². The molecule has 1 aromatic carbocycles. The van der Waals surface area contributed by atoms with E-state index < -0.39 is 22.3 Å². The largest absolute Gasteiger partial charge is 0.444 e. The Labute approximate surface area is 186 Å². The number of rotatable bonds is 6. The standard InChI is InChI=1S/C22H30N4O6/c1-22(2,3)32-21(29)25-10-8-15(9-11-25)24-20(28)17-7-6-16(26(30)31)12-18(17)19(27)23-13-14-4-5-14/h6-7,12,14-15H,4-5,8-11,13H2,1-3H3,(H,23,27)(H,24,28). The highest BCUT2D eigenvalue weighted by Gasteiger charge is 2.29. The van der Waals surface area contributed by atoms with Crippen LogP contribution < -0.4 is 10.6 Å². The van der Waals surface area contributed by atoms with Crippen LogP contribution in [0.5, 0.6) is 0 Å². The van der Waals surface area contributed by atoms with Gasteiger partial charge in [0.1, 0.15) is 5.60 Å². The molecule has 2 N–H and O–H groups in total. The average Bonchev–Trinajstić information content (AvgIpc) is 3.55. The number of hydrogen-bond donors (Lipinski definition) is 2. The van der Waals surface area contributed by atoms with Crippen molar-refractivity contribution >= 4 is 23.6 Å². The number of piperidine rings is 1. The van der Waals surface area contributed by atoms with Crippen molar-refractivity contribution in [3.05, 3.63) is 39.4 Å². The molecule has 1 saturated carbocycles. The second-order valence-electron chi connectivity index (χ2n) is 9.36. The van der Waals surface area contributed by atoms with Crippen molar-refractivity contribution in [1.29, 1.82) is 0 Å². The Balaban J connectivity index is 1.63. The van der Waals surface area contributed by atoms with Crippen molar-refractivity contribution in [2.45, 2.75) is 58.1 Å². The van der Waals surface area contributed by atoms with E-state index in [2.05, 4.69) is 10.6 Å². The van der Waals surface area contributed by atoms with Crippen LogP contribution >= 0.6 is 0 Å². The molecular formula is C22H30N4O6. The Morgan fingerprint density at radius 3 is 2.31 bits per heavy atom. The molecule has 1 aliphatic heterocycles. The maximum Gasteiger partial charge on any atom is 0.410 e. The molecule has 1 heterocycles. The maximum absolute atomic E-state index is 12.9. The van der Waals surface area contributed by atoms with Crippen LogP contribution in [-0.2, 0) is 4.74 Å². The van der Waals surface area contributed by atoms with Crippen LogP contribution in [0.3, 0.4) is 0 Å². The van der Waals surface area contributed by atoms with Crippen molar-refractivity contribution in [1.82, 2.24) is 15.5 Å². The number of nitro benzene ring substituents is 1. The molecule has 0 unspecified atom stereocenters. The predicted molar refractivity (Wildman–Crippen MR) is 116 cm³/mol. The number of non-ortho nitro benzene ring substituents is 1. The summed E-state index contributed by atoms with van der Waals surface area (Å²) in [5.74, 6) is -0.525. The van der Waals surface area contributed by atoms with E-state index in [1.54, 1.807) is 25.7 Å². The van der Waals surface area contributed by atoms with Crippen LogP contribution in [0.1, 0.15) is 67.2 Å². The molecule has 0 aromatic heterocycles. The molecule has 0 atom stereocenters. The number of nitrogens with one attached hydrogen (secondary N) is 2. The smallest absolute Gasteiger partial charge is 0.410 e. The molecule has 3 amide bonds. The minimum atomic E-state index is -0.592. The van der Waals surface area contributed by atoms with Crippen molar-refractivity contribution in [3.8, 4) is 0 Å². The first kappa shape index (κ1) is 23.5. The highest BCUT2D eigenvalue weighted by atomic mass is 16.6. The van der Waals surface area contributed by atoms with Gasteiger partial charge in [-0.05, 0) is 58.4 Å². The zero-order valence-electron chi connectivity index (χ0n) is 18.7. The first-order valence-electron chi connectivity index (χ1n) is 10.9. The zero-order chi connectivity index (χ0) is 23.5. The van der Waals surface area contributed by atoms with Gasteiger partial charge in [0.2, 0.25) is 0 Å². The number of nitrogens with zero attached hydrogens (tertiary/aromatic N) is 2. The summed E-state index contributed by atoms with van der Waals surface area (Å²) in [6.45, 7) is 6.79. The number of nitro groups is 1. The summed E-state index contributed by atoms with van der Waals surface area (Å²) < 4.78 is 5.38. The van der Waals surface area contributed by atoms with E-state index in [-0.39, 0.29) is 28.9 Å². The summed E-state index contributed by atoms with van der Waals surface area (Å²) in [5.41, 5.74) is -0.736. The van der Waals surface area contributed by atoms with Gasteiger partial charge >= 0.3 is 6.09 Å². The van der Waals surface area contributed by atoms with Gasteiger partial charge in [-0.15, -0.1) is 0 Å². The number of carbonyl (C=O) groups excluding carboxylic acids is 3. The monoisotopic (exact) mass is 446 g/mol. The second kappa shape index (κ2) is 9.54. The second-order valence-corrected chi connectivity index (χ2v) is 9.36. The fourth-order valence-electron chi connectivity index (χ4n) is 3.48. The fourth-order valence-corrected chi connectivity index (χ4v) is 3.48. The quantitative estimate of drug-likeness (QED) is 0.510. The molecule has 10 heteroatoms. The fraction of sp³-hybridized carbons (Fsp3) is 0.591. The normalized spacial score (nSPS) is 16.9. The Kier molecular flexibility index (Phi) is 7.00. The molecule has 10 nitrogen and oxygen atoms in total. The SMILES string of the molecule is CC(C)(C)OC(=O)N1CCC(NC(=O)c2ccc([N+](=O)[O-])cc2C(=O)NCC2CC2)CC1. The van der Waals surface area contributed by atoms with E-state index in [0.29, 0.717) is 38.4 Å². The van der Waals surface area contributed by atoms with Gasteiger partial charge in [-0.2, -0.15) is 0 Å². The Morgan fingerprint density at radius 2 is 1.75 bits per heavy atom. The molecule has 1 aromatic rings. The number of amides is 3. The summed E-state index contributed by atoms with van der Waals surface area (Å²) in [7, 11) is 0. The first-order chi connectivity index (χ1) is 15.0. The highest BCUT2D eigenvalue weighted by molar-refractivity contribution is 6.07. The lowest BCUT2D eigenvalue weighted by Crippen LogP contribution is -2.48. The third-order valence-electron chi connectivity index (χ3n) is 5.43. The number of carbonyl (C=O) groups is 3. The molecular weight excluding hydrogens is 416 g/mol. The molecule has 1 saturated heterocycles. The van der Waals surface area contributed by atoms with Crippen LogP contribution in [-0.4, -0.2) is 59.0 Å². The van der Waals surface area contributed by atoms with Gasteiger partial charge in [0.25, 0.3) is 17.5 Å². The Bertz CT molecular complexity index is 898. The average molecular weight is 447 g/mol. The number of likely N-dealkylation sites (tertiary alicyclic amines) is 1. The van der Waals surface area contributed by atoms with E-state index in [1.807, 2.05) is 0 Å². The first-order valence-corrected chi connectivity index (χ1v) is 10.9. The van der Waals surface area contributed by atoms with Crippen LogP contribution in [0.25, 0.3) is 0 Å². The van der Waals surface area contributed by atoms with Gasteiger partial charge in [0.15, 0.2) is 0 Å². The minimum Gasteiger partial charge on any atom is -0.444 e. The Morgan fingerprint density at radius 1 is 1.09 bits per heavy atom. The van der Waals surface area contributed by atoms with E-state index >= 15 is 0 Å². The molecule has 1 aliphatic carbocycles. The lowest BCUT2D eigenvalue weighted by atomic mass is 10.0. The summed E-state index contributed by atoms with van der Waals surface area (Å²) >= 11 is 0. The van der Waals surface area contributed by atoms with E-state index in [9.17, 15) is 24.5 Å². The van der Waals surface area contributed by atoms with Crippen LogP contribution in [0.15, 0.2) is 18.2 Å². The zero-order valence-corrected chi connectivity index (χ0v) is 18.7. The van der Waals surface area contributed by atoms with Gasteiger partial charge in [-0.1, -0.05) is 0 Å². The van der Waals surface area contributed by atoms with Gasteiger partial charge < -0.3 is 20.3 Å². The molecule has 174 valence electrons. The molecule has 3 rings (SSSR count). The lowest BCUT2D eigenvalue weighted by Gasteiger charge is -2.33. The van der Waals surface area contributed by atoms with Crippen molar-refractivity contribution < 1.29 is 24.0 Å². The van der Waals surface area contributed by atoms with E-state index in [1.165, 1.54) is 12.1 Å². The summed E-state index contributed by atoms with van der Waals surface area (Å²) in [5, 5.41) is 16.8. The van der Waals surface area contributed by atoms with Gasteiger partial charge in [-0.25, -0.2) is 4.79 Å². The third kappa shape index (κ3) is 6.41. The number of hydrogen-bond acceptors (Lipinski definition) is 6. The Hall–Kier alpha value is -3.17. The summed E-state index contributed by atoms with van der Waals surface area (Å²) in [6.07, 6.45) is 2.80. The van der Waals surface area contributed by atoms with Gasteiger partial charge in [0.05, 0.1) is 16.1 Å². The van der Waals surface area contributed by atoms with Gasteiger partial charge in [0, 0.05) is 37.8 Å². The minimum absolute atomic E-state index is 0.0106. The topological polar surface area (TPSA) is 131 Å². The summed E-state index contributed by atoms with van der Waals surface area (Å²) in [6, 6.07) is 3.49. The van der Waals surface area contributed by atoms with Crippen LogP contribution in [0.2, 0.25) is 0 Å². The van der Waals surface area contributed by atoms with Crippen LogP contribution in [0, 0.1) is 16.0 Å². The molecule has 32 heavy (non-hydrogen) atoms. The highest BCUT2D eigenvalue weighted by Crippen LogP contribution is 2.28.